The van der Waals surface area contributed by atoms with Crippen molar-refractivity contribution in [2.45, 2.75) is 30.1 Å². The molecular weight excluding hydrogens is 326 g/mol. The molecule has 0 aromatic heterocycles. The maximum atomic E-state index is 14.1. The molecule has 0 atom stereocenters. The Morgan fingerprint density at radius 1 is 1.15 bits per heavy atom. The lowest BCUT2D eigenvalue weighted by Crippen LogP contribution is -2.57. The molecule has 0 amide bonds. The zero-order chi connectivity index (χ0) is 14.9. The van der Waals surface area contributed by atoms with E-state index in [0.717, 1.165) is 12.8 Å². The van der Waals surface area contributed by atoms with Gasteiger partial charge in [-0.3, -0.25) is 0 Å². The molecule has 1 aliphatic rings. The highest BCUT2D eigenvalue weighted by molar-refractivity contribution is 9.08. The molecule has 2 rings (SSSR count). The summed E-state index contributed by atoms with van der Waals surface area (Å²) in [6.45, 7) is 0.640. The molecule has 5 heteroatoms. The van der Waals surface area contributed by atoms with Gasteiger partial charge in [-0.2, -0.15) is 0 Å². The Morgan fingerprint density at radius 2 is 1.70 bits per heavy atom. The molecule has 0 N–H and O–H groups in total. The molecule has 0 unspecified atom stereocenters. The van der Waals surface area contributed by atoms with Crippen molar-refractivity contribution in [2.24, 2.45) is 0 Å². The Bertz CT molecular complexity index is 464. The molecule has 0 spiro atoms. The van der Waals surface area contributed by atoms with Gasteiger partial charge in [0.2, 0.25) is 0 Å². The fraction of sp³-hybridized carbons (Fsp3) is 0.600. The standard InChI is InChI=1S/C15H21BrF2N2/c1-19(2)15(5-4-6-15)10-20(3)14-12(17)7-11(9-16)8-13(14)18/h7-8H,4-6,9-10H2,1-3H3. The molecule has 0 bridgehead atoms. The molecule has 0 heterocycles. The summed E-state index contributed by atoms with van der Waals surface area (Å²) in [6, 6.07) is 2.79. The fourth-order valence-electron chi connectivity index (χ4n) is 2.91. The summed E-state index contributed by atoms with van der Waals surface area (Å²) in [5.74, 6) is -0.981. The van der Waals surface area contributed by atoms with E-state index in [2.05, 4.69) is 20.8 Å². The van der Waals surface area contributed by atoms with Crippen LogP contribution in [0.15, 0.2) is 12.1 Å². The van der Waals surface area contributed by atoms with E-state index in [1.807, 2.05) is 14.1 Å². The first-order chi connectivity index (χ1) is 9.39. The first-order valence-electron chi connectivity index (χ1n) is 6.82. The smallest absolute Gasteiger partial charge is 0.149 e. The number of rotatable bonds is 5. The minimum atomic E-state index is -0.491. The molecule has 2 nitrogen and oxygen atoms in total. The van der Waals surface area contributed by atoms with E-state index in [9.17, 15) is 8.78 Å². The summed E-state index contributed by atoms with van der Waals surface area (Å²) in [6.07, 6.45) is 3.33. The predicted octanol–water partition coefficient (Wildman–Crippen LogP) is 3.78. The number of benzene rings is 1. The maximum Gasteiger partial charge on any atom is 0.149 e. The Labute approximate surface area is 127 Å². The molecule has 1 saturated carbocycles. The highest BCUT2D eigenvalue weighted by Gasteiger charge is 2.40. The zero-order valence-corrected chi connectivity index (χ0v) is 13.8. The van der Waals surface area contributed by atoms with Gasteiger partial charge in [0.15, 0.2) is 0 Å². The highest BCUT2D eigenvalue weighted by Crippen LogP contribution is 2.38. The SMILES string of the molecule is CN(CC1(N(C)C)CCC1)c1c(F)cc(CBr)cc1F. The van der Waals surface area contributed by atoms with E-state index >= 15 is 0 Å². The van der Waals surface area contributed by atoms with Crippen molar-refractivity contribution in [1.82, 2.24) is 4.90 Å². The van der Waals surface area contributed by atoms with Crippen LogP contribution in [0.3, 0.4) is 0 Å². The first-order valence-corrected chi connectivity index (χ1v) is 7.94. The molecular formula is C15H21BrF2N2. The van der Waals surface area contributed by atoms with Crippen LogP contribution in [0.2, 0.25) is 0 Å². The summed E-state index contributed by atoms with van der Waals surface area (Å²) in [4.78, 5) is 3.89. The van der Waals surface area contributed by atoms with E-state index in [4.69, 9.17) is 0 Å². The number of hydrogen-bond donors (Lipinski definition) is 0. The van der Waals surface area contributed by atoms with Gasteiger partial charge in [-0.25, -0.2) is 8.78 Å². The minimum absolute atomic E-state index is 0.0434. The molecule has 0 radical (unpaired) electrons. The van der Waals surface area contributed by atoms with Gasteiger partial charge in [0.1, 0.15) is 17.3 Å². The van der Waals surface area contributed by atoms with Gasteiger partial charge in [0.25, 0.3) is 0 Å². The molecule has 1 fully saturated rings. The zero-order valence-electron chi connectivity index (χ0n) is 12.2. The van der Waals surface area contributed by atoms with Crippen LogP contribution in [-0.2, 0) is 5.33 Å². The minimum Gasteiger partial charge on any atom is -0.368 e. The maximum absolute atomic E-state index is 14.1. The van der Waals surface area contributed by atoms with Crippen molar-refractivity contribution < 1.29 is 8.78 Å². The van der Waals surface area contributed by atoms with Crippen LogP contribution in [0.4, 0.5) is 14.5 Å². The quantitative estimate of drug-likeness (QED) is 0.748. The first kappa shape index (κ1) is 15.7. The van der Waals surface area contributed by atoms with Crippen LogP contribution in [-0.4, -0.2) is 38.1 Å². The van der Waals surface area contributed by atoms with Gasteiger partial charge < -0.3 is 9.80 Å². The Balaban J connectivity index is 2.23. The van der Waals surface area contributed by atoms with Gasteiger partial charge in [0, 0.05) is 24.5 Å². The number of halogens is 3. The second-order valence-corrected chi connectivity index (χ2v) is 6.43. The average Bonchev–Trinajstić information content (AvgIpc) is 2.32. The second-order valence-electron chi connectivity index (χ2n) is 5.87. The third-order valence-electron chi connectivity index (χ3n) is 4.38. The number of alkyl halides is 1. The van der Waals surface area contributed by atoms with Crippen molar-refractivity contribution >= 4 is 21.6 Å². The second kappa shape index (κ2) is 5.98. The van der Waals surface area contributed by atoms with Crippen molar-refractivity contribution in [3.8, 4) is 0 Å². The number of anilines is 1. The van der Waals surface area contributed by atoms with E-state index in [0.29, 0.717) is 17.4 Å². The number of nitrogens with zero attached hydrogens (tertiary/aromatic N) is 2. The molecule has 1 aromatic rings. The Morgan fingerprint density at radius 3 is 2.05 bits per heavy atom. The highest BCUT2D eigenvalue weighted by atomic mass is 79.9. The molecule has 1 aliphatic carbocycles. The lowest BCUT2D eigenvalue weighted by atomic mass is 9.75. The van der Waals surface area contributed by atoms with Crippen molar-refractivity contribution in [3.63, 3.8) is 0 Å². The number of likely N-dealkylation sites (N-methyl/N-ethyl adjacent to an activating group) is 2. The third-order valence-corrected chi connectivity index (χ3v) is 5.02. The van der Waals surface area contributed by atoms with Gasteiger partial charge in [-0.15, -0.1) is 0 Å². The lowest BCUT2D eigenvalue weighted by molar-refractivity contribution is 0.0681. The van der Waals surface area contributed by atoms with Gasteiger partial charge in [0.05, 0.1) is 0 Å². The van der Waals surface area contributed by atoms with E-state index in [1.54, 1.807) is 11.9 Å². The van der Waals surface area contributed by atoms with E-state index in [1.165, 1.54) is 18.6 Å². The van der Waals surface area contributed by atoms with Crippen molar-refractivity contribution in [2.75, 3.05) is 32.6 Å². The summed E-state index contributed by atoms with van der Waals surface area (Å²) in [5.41, 5.74) is 0.729. The van der Waals surface area contributed by atoms with Crippen molar-refractivity contribution in [1.29, 1.82) is 0 Å². The van der Waals surface area contributed by atoms with Crippen molar-refractivity contribution in [3.05, 3.63) is 29.3 Å². The Hall–Kier alpha value is -0.680. The summed E-state index contributed by atoms with van der Waals surface area (Å²) >= 11 is 3.22. The summed E-state index contributed by atoms with van der Waals surface area (Å²) < 4.78 is 28.3. The van der Waals surface area contributed by atoms with Crippen LogP contribution >= 0.6 is 15.9 Å². The summed E-state index contributed by atoms with van der Waals surface area (Å²) in [5, 5.41) is 0.451. The Kier molecular flexibility index (Phi) is 4.69. The lowest BCUT2D eigenvalue weighted by Gasteiger charge is -2.49. The normalized spacial score (nSPS) is 17.1. The monoisotopic (exact) mass is 346 g/mol. The van der Waals surface area contributed by atoms with Crippen LogP contribution in [0.1, 0.15) is 24.8 Å². The topological polar surface area (TPSA) is 6.48 Å². The summed E-state index contributed by atoms with van der Waals surface area (Å²) in [7, 11) is 5.83. The third kappa shape index (κ3) is 2.84. The van der Waals surface area contributed by atoms with Crippen LogP contribution in [0.25, 0.3) is 0 Å². The van der Waals surface area contributed by atoms with Crippen LogP contribution in [0.5, 0.6) is 0 Å². The van der Waals surface area contributed by atoms with Gasteiger partial charge in [-0.1, -0.05) is 15.9 Å². The van der Waals surface area contributed by atoms with Gasteiger partial charge in [-0.05, 0) is 51.1 Å². The largest absolute Gasteiger partial charge is 0.368 e. The molecule has 20 heavy (non-hydrogen) atoms. The molecule has 112 valence electrons. The van der Waals surface area contributed by atoms with Crippen LogP contribution < -0.4 is 4.90 Å². The molecule has 0 saturated heterocycles. The fourth-order valence-corrected chi connectivity index (χ4v) is 3.24. The molecule has 0 aliphatic heterocycles. The molecule has 1 aromatic carbocycles. The predicted molar refractivity (Wildman–Crippen MR) is 82.5 cm³/mol. The van der Waals surface area contributed by atoms with Gasteiger partial charge >= 0.3 is 0 Å². The van der Waals surface area contributed by atoms with E-state index < -0.39 is 11.6 Å². The number of hydrogen-bond acceptors (Lipinski definition) is 2. The van der Waals surface area contributed by atoms with Crippen LogP contribution in [0, 0.1) is 11.6 Å². The van der Waals surface area contributed by atoms with E-state index in [-0.39, 0.29) is 11.2 Å². The average molecular weight is 347 g/mol.